The number of hydrogen-bond donors (Lipinski definition) is 2. The molecule has 4 nitrogen and oxygen atoms in total. The Balaban J connectivity index is 2.39. The Kier molecular flexibility index (Phi) is 4.39. The summed E-state index contributed by atoms with van der Waals surface area (Å²) in [5.41, 5.74) is 2.40. The molecule has 0 aromatic heterocycles. The van der Waals surface area contributed by atoms with E-state index in [1.807, 2.05) is 18.2 Å². The molecule has 26 heavy (non-hydrogen) atoms. The number of carboxylic acids is 2. The molecule has 4 heteroatoms. The van der Waals surface area contributed by atoms with Crippen molar-refractivity contribution in [1.29, 1.82) is 0 Å². The average Bonchev–Trinajstić information content (AvgIpc) is 2.92. The lowest BCUT2D eigenvalue weighted by atomic mass is 9.69. The number of carboxylic acid groups (broad SMARTS) is 2. The van der Waals surface area contributed by atoms with E-state index in [1.54, 1.807) is 24.3 Å². The first-order chi connectivity index (χ1) is 12.3. The van der Waals surface area contributed by atoms with Gasteiger partial charge in [-0.15, -0.1) is 0 Å². The van der Waals surface area contributed by atoms with Gasteiger partial charge in [0.25, 0.3) is 0 Å². The number of benzene rings is 2. The molecule has 0 heterocycles. The van der Waals surface area contributed by atoms with E-state index in [4.69, 9.17) is 0 Å². The second kappa shape index (κ2) is 6.27. The van der Waals surface area contributed by atoms with Crippen molar-refractivity contribution in [1.82, 2.24) is 0 Å². The third-order valence-corrected chi connectivity index (χ3v) is 6.16. The number of fused-ring (bicyclic) bond motifs is 1. The summed E-state index contributed by atoms with van der Waals surface area (Å²) in [5.74, 6) is -1.88. The van der Waals surface area contributed by atoms with Gasteiger partial charge in [0.15, 0.2) is 0 Å². The summed E-state index contributed by atoms with van der Waals surface area (Å²) in [4.78, 5) is 23.7. The van der Waals surface area contributed by atoms with Crippen molar-refractivity contribution >= 4 is 11.9 Å². The van der Waals surface area contributed by atoms with Gasteiger partial charge < -0.3 is 10.2 Å². The van der Waals surface area contributed by atoms with E-state index < -0.39 is 17.4 Å². The van der Waals surface area contributed by atoms with E-state index in [2.05, 4.69) is 20.8 Å². The molecular formula is C22H24O4. The van der Waals surface area contributed by atoms with Crippen LogP contribution in [0.5, 0.6) is 0 Å². The summed E-state index contributed by atoms with van der Waals surface area (Å²) < 4.78 is 0. The van der Waals surface area contributed by atoms with E-state index >= 15 is 0 Å². The first kappa shape index (κ1) is 18.2. The molecular weight excluding hydrogens is 328 g/mol. The molecule has 0 bridgehead atoms. The molecule has 0 aliphatic heterocycles. The largest absolute Gasteiger partial charge is 0.478 e. The van der Waals surface area contributed by atoms with Crippen molar-refractivity contribution in [3.05, 3.63) is 70.3 Å². The maximum atomic E-state index is 11.9. The molecule has 136 valence electrons. The minimum absolute atomic E-state index is 0.293. The predicted molar refractivity (Wildman–Crippen MR) is 100 cm³/mol. The zero-order chi connectivity index (χ0) is 19.1. The van der Waals surface area contributed by atoms with Crippen LogP contribution in [0.15, 0.2) is 42.5 Å². The molecule has 2 aromatic carbocycles. The predicted octanol–water partition coefficient (Wildman–Crippen LogP) is 4.85. The van der Waals surface area contributed by atoms with Gasteiger partial charge in [0.2, 0.25) is 0 Å². The number of carbonyl (C=O) groups is 2. The molecule has 0 saturated heterocycles. The fourth-order valence-electron chi connectivity index (χ4n) is 4.76. The van der Waals surface area contributed by atoms with Crippen LogP contribution in [-0.4, -0.2) is 22.2 Å². The molecule has 0 saturated carbocycles. The van der Waals surface area contributed by atoms with Crippen molar-refractivity contribution in [2.24, 2.45) is 0 Å². The minimum atomic E-state index is -0.950. The molecule has 1 aliphatic carbocycles. The summed E-state index contributed by atoms with van der Waals surface area (Å²) in [6.07, 6.45) is 2.21. The van der Waals surface area contributed by atoms with Gasteiger partial charge in [0.1, 0.15) is 0 Å². The van der Waals surface area contributed by atoms with Crippen LogP contribution < -0.4 is 0 Å². The monoisotopic (exact) mass is 352 g/mol. The maximum absolute atomic E-state index is 11.9. The minimum Gasteiger partial charge on any atom is -0.478 e. The summed E-state index contributed by atoms with van der Waals surface area (Å²) in [6.45, 7) is 6.22. The van der Waals surface area contributed by atoms with Crippen LogP contribution >= 0.6 is 0 Å². The maximum Gasteiger partial charge on any atom is 0.335 e. The molecule has 3 rings (SSSR count). The highest BCUT2D eigenvalue weighted by Gasteiger charge is 2.51. The molecule has 0 amide bonds. The Morgan fingerprint density at radius 2 is 1.46 bits per heavy atom. The van der Waals surface area contributed by atoms with Crippen LogP contribution in [0.25, 0.3) is 0 Å². The Bertz CT molecular complexity index is 885. The van der Waals surface area contributed by atoms with Crippen molar-refractivity contribution in [3.8, 4) is 0 Å². The highest BCUT2D eigenvalue weighted by molar-refractivity contribution is 5.92. The Labute approximate surface area is 153 Å². The van der Waals surface area contributed by atoms with Crippen LogP contribution in [0.1, 0.15) is 77.4 Å². The molecule has 2 aromatic rings. The fraction of sp³-hybridized carbons (Fsp3) is 0.364. The quantitative estimate of drug-likeness (QED) is 0.806. The van der Waals surface area contributed by atoms with Gasteiger partial charge in [-0.1, -0.05) is 51.1 Å². The van der Waals surface area contributed by atoms with Crippen LogP contribution in [0.2, 0.25) is 0 Å². The summed E-state index contributed by atoms with van der Waals surface area (Å²) in [5, 5.41) is 19.5. The standard InChI is InChI=1S/C22H24O4/c1-4-21(3)13-22(5-2,16-11-7-6-9-14(16)19(23)24)17-12-8-10-15(18(17)21)20(25)26/h6-12H,4-5,13H2,1-3H3,(H,23,24)(H,25,26). The van der Waals surface area contributed by atoms with Crippen molar-refractivity contribution in [2.75, 3.05) is 0 Å². The Morgan fingerprint density at radius 1 is 0.885 bits per heavy atom. The lowest BCUT2D eigenvalue weighted by Crippen LogP contribution is -2.29. The van der Waals surface area contributed by atoms with Gasteiger partial charge in [-0.3, -0.25) is 0 Å². The van der Waals surface area contributed by atoms with Gasteiger partial charge in [-0.25, -0.2) is 9.59 Å². The third kappa shape index (κ3) is 2.44. The third-order valence-electron chi connectivity index (χ3n) is 6.16. The molecule has 0 fully saturated rings. The van der Waals surface area contributed by atoms with Crippen LogP contribution in [0.4, 0.5) is 0 Å². The van der Waals surface area contributed by atoms with E-state index in [0.29, 0.717) is 24.0 Å². The van der Waals surface area contributed by atoms with E-state index in [1.165, 1.54) is 0 Å². The molecule has 2 N–H and O–H groups in total. The van der Waals surface area contributed by atoms with Gasteiger partial charge in [-0.05, 0) is 53.5 Å². The summed E-state index contributed by atoms with van der Waals surface area (Å²) >= 11 is 0. The zero-order valence-electron chi connectivity index (χ0n) is 15.4. The highest BCUT2D eigenvalue weighted by atomic mass is 16.4. The molecule has 0 spiro atoms. The second-order valence-electron chi connectivity index (χ2n) is 7.41. The number of hydrogen-bond acceptors (Lipinski definition) is 2. The lowest BCUT2D eigenvalue weighted by Gasteiger charge is -2.33. The molecule has 2 atom stereocenters. The van der Waals surface area contributed by atoms with E-state index in [9.17, 15) is 19.8 Å². The number of rotatable bonds is 5. The lowest BCUT2D eigenvalue weighted by molar-refractivity contribution is 0.0683. The van der Waals surface area contributed by atoms with Gasteiger partial charge in [-0.2, -0.15) is 0 Å². The fourth-order valence-corrected chi connectivity index (χ4v) is 4.76. The Hall–Kier alpha value is -2.62. The first-order valence-electron chi connectivity index (χ1n) is 9.01. The van der Waals surface area contributed by atoms with Crippen molar-refractivity contribution in [3.63, 3.8) is 0 Å². The normalized spacial score (nSPS) is 24.3. The van der Waals surface area contributed by atoms with E-state index in [-0.39, 0.29) is 5.41 Å². The first-order valence-corrected chi connectivity index (χ1v) is 9.01. The van der Waals surface area contributed by atoms with Crippen LogP contribution in [-0.2, 0) is 10.8 Å². The van der Waals surface area contributed by atoms with Crippen molar-refractivity contribution < 1.29 is 19.8 Å². The van der Waals surface area contributed by atoms with E-state index in [0.717, 1.165) is 23.1 Å². The van der Waals surface area contributed by atoms with Gasteiger partial charge in [0.05, 0.1) is 11.1 Å². The summed E-state index contributed by atoms with van der Waals surface area (Å²) in [7, 11) is 0. The molecule has 2 unspecified atom stereocenters. The SMILES string of the molecule is CCC1(C)CC(CC)(c2ccccc2C(=O)O)c2cccc(C(=O)O)c21. The van der Waals surface area contributed by atoms with Crippen molar-refractivity contribution in [2.45, 2.75) is 50.9 Å². The van der Waals surface area contributed by atoms with Crippen LogP contribution in [0.3, 0.4) is 0 Å². The smallest absolute Gasteiger partial charge is 0.335 e. The second-order valence-corrected chi connectivity index (χ2v) is 7.41. The average molecular weight is 352 g/mol. The topological polar surface area (TPSA) is 74.6 Å². The molecule has 1 aliphatic rings. The Morgan fingerprint density at radius 3 is 2.04 bits per heavy atom. The highest BCUT2D eigenvalue weighted by Crippen LogP contribution is 2.57. The number of aromatic carboxylic acids is 2. The van der Waals surface area contributed by atoms with Crippen LogP contribution in [0, 0.1) is 0 Å². The summed E-state index contributed by atoms with van der Waals surface area (Å²) in [6, 6.07) is 12.5. The van der Waals surface area contributed by atoms with Gasteiger partial charge >= 0.3 is 11.9 Å². The van der Waals surface area contributed by atoms with Gasteiger partial charge in [0, 0.05) is 5.41 Å². The zero-order valence-corrected chi connectivity index (χ0v) is 15.4. The molecule has 0 radical (unpaired) electrons.